The van der Waals surface area contributed by atoms with Gasteiger partial charge in [-0.2, -0.15) is 8.42 Å². The van der Waals surface area contributed by atoms with Crippen molar-refractivity contribution in [3.8, 4) is 0 Å². The third kappa shape index (κ3) is 5.54. The fourth-order valence-electron chi connectivity index (χ4n) is 1.36. The number of aryl methyl sites for hydroxylation is 1. The maximum atomic E-state index is 10.8. The van der Waals surface area contributed by atoms with E-state index in [-0.39, 0.29) is 6.10 Å². The molecule has 0 aromatic heterocycles. The zero-order chi connectivity index (χ0) is 11.3. The second kappa shape index (κ2) is 5.28. The van der Waals surface area contributed by atoms with Gasteiger partial charge in [0, 0.05) is 0 Å². The van der Waals surface area contributed by atoms with Gasteiger partial charge in [-0.25, -0.2) is 0 Å². The van der Waals surface area contributed by atoms with Crippen LogP contribution in [-0.2, 0) is 20.7 Å². The Morgan fingerprint density at radius 2 is 1.87 bits per heavy atom. The Bertz CT molecular complexity index is 384. The predicted molar refractivity (Wildman–Crippen MR) is 60.2 cm³/mol. The maximum Gasteiger partial charge on any atom is 0.264 e. The molecule has 0 amide bonds. The summed E-state index contributed by atoms with van der Waals surface area (Å²) < 4.78 is 26.5. The van der Waals surface area contributed by atoms with E-state index < -0.39 is 10.1 Å². The SMILES string of the molecule is C[C@H](CCc1ccccc1)OS(C)(=O)=O. The van der Waals surface area contributed by atoms with Crippen LogP contribution in [0.5, 0.6) is 0 Å². The van der Waals surface area contributed by atoms with Crippen molar-refractivity contribution in [2.75, 3.05) is 6.26 Å². The molecule has 1 aromatic rings. The Balaban J connectivity index is 2.38. The van der Waals surface area contributed by atoms with E-state index in [1.54, 1.807) is 6.92 Å². The molecular weight excluding hydrogens is 212 g/mol. The van der Waals surface area contributed by atoms with Crippen molar-refractivity contribution in [3.63, 3.8) is 0 Å². The first kappa shape index (κ1) is 12.2. The molecule has 0 unspecified atom stereocenters. The van der Waals surface area contributed by atoms with Gasteiger partial charge in [0.15, 0.2) is 0 Å². The zero-order valence-corrected chi connectivity index (χ0v) is 9.83. The van der Waals surface area contributed by atoms with Crippen LogP contribution in [0, 0.1) is 0 Å². The third-order valence-electron chi connectivity index (χ3n) is 2.02. The molecule has 84 valence electrons. The van der Waals surface area contributed by atoms with E-state index in [0.29, 0.717) is 6.42 Å². The Kier molecular flexibility index (Phi) is 4.29. The highest BCUT2D eigenvalue weighted by atomic mass is 32.2. The van der Waals surface area contributed by atoms with Crippen LogP contribution >= 0.6 is 0 Å². The molecule has 1 rings (SSSR count). The lowest BCUT2D eigenvalue weighted by Gasteiger charge is -2.10. The number of hydrogen-bond acceptors (Lipinski definition) is 3. The molecule has 0 aliphatic rings. The second-order valence-electron chi connectivity index (χ2n) is 3.64. The predicted octanol–water partition coefficient (Wildman–Crippen LogP) is 1.98. The van der Waals surface area contributed by atoms with Crippen molar-refractivity contribution in [3.05, 3.63) is 35.9 Å². The summed E-state index contributed by atoms with van der Waals surface area (Å²) in [6.07, 6.45) is 2.35. The lowest BCUT2D eigenvalue weighted by molar-refractivity contribution is 0.221. The highest BCUT2D eigenvalue weighted by Gasteiger charge is 2.09. The Hall–Kier alpha value is -0.870. The number of rotatable bonds is 5. The van der Waals surface area contributed by atoms with E-state index in [2.05, 4.69) is 0 Å². The highest BCUT2D eigenvalue weighted by molar-refractivity contribution is 7.86. The molecule has 1 aromatic carbocycles. The Morgan fingerprint density at radius 3 is 2.40 bits per heavy atom. The van der Waals surface area contributed by atoms with Crippen LogP contribution in [0.2, 0.25) is 0 Å². The van der Waals surface area contributed by atoms with Crippen molar-refractivity contribution in [1.29, 1.82) is 0 Å². The molecule has 0 saturated carbocycles. The van der Waals surface area contributed by atoms with Gasteiger partial charge in [-0.1, -0.05) is 30.3 Å². The van der Waals surface area contributed by atoms with E-state index >= 15 is 0 Å². The van der Waals surface area contributed by atoms with E-state index in [1.165, 1.54) is 5.56 Å². The van der Waals surface area contributed by atoms with Gasteiger partial charge in [0.1, 0.15) is 0 Å². The molecule has 0 aliphatic heterocycles. The van der Waals surface area contributed by atoms with Crippen molar-refractivity contribution in [2.24, 2.45) is 0 Å². The van der Waals surface area contributed by atoms with Gasteiger partial charge in [-0.05, 0) is 25.3 Å². The van der Waals surface area contributed by atoms with Crippen molar-refractivity contribution >= 4 is 10.1 Å². The molecule has 0 radical (unpaired) electrons. The van der Waals surface area contributed by atoms with Gasteiger partial charge in [-0.15, -0.1) is 0 Å². The minimum absolute atomic E-state index is 0.264. The molecule has 1 atom stereocenters. The van der Waals surface area contributed by atoms with Crippen LogP contribution in [0.15, 0.2) is 30.3 Å². The van der Waals surface area contributed by atoms with Crippen LogP contribution in [0.4, 0.5) is 0 Å². The highest BCUT2D eigenvalue weighted by Crippen LogP contribution is 2.08. The summed E-state index contributed by atoms with van der Waals surface area (Å²) in [7, 11) is -3.33. The molecule has 0 saturated heterocycles. The molecule has 0 bridgehead atoms. The quantitative estimate of drug-likeness (QED) is 0.724. The number of hydrogen-bond donors (Lipinski definition) is 0. The summed E-state index contributed by atoms with van der Waals surface area (Å²) in [5.41, 5.74) is 1.20. The normalized spacial score (nSPS) is 13.7. The van der Waals surface area contributed by atoms with E-state index in [1.807, 2.05) is 30.3 Å². The summed E-state index contributed by atoms with van der Waals surface area (Å²) in [6, 6.07) is 9.94. The molecule has 15 heavy (non-hydrogen) atoms. The van der Waals surface area contributed by atoms with Gasteiger partial charge in [-0.3, -0.25) is 4.18 Å². The van der Waals surface area contributed by atoms with Crippen molar-refractivity contribution in [2.45, 2.75) is 25.9 Å². The first-order valence-electron chi connectivity index (χ1n) is 4.89. The molecule has 0 N–H and O–H groups in total. The van der Waals surface area contributed by atoms with Gasteiger partial charge in [0.25, 0.3) is 10.1 Å². The molecular formula is C11H16O3S. The molecule has 0 heterocycles. The minimum atomic E-state index is -3.33. The van der Waals surface area contributed by atoms with E-state index in [4.69, 9.17) is 4.18 Å². The van der Waals surface area contributed by atoms with E-state index in [0.717, 1.165) is 12.7 Å². The Labute approximate surface area is 91.2 Å². The monoisotopic (exact) mass is 228 g/mol. The van der Waals surface area contributed by atoms with Gasteiger partial charge in [0.2, 0.25) is 0 Å². The van der Waals surface area contributed by atoms with Crippen molar-refractivity contribution in [1.82, 2.24) is 0 Å². The Morgan fingerprint density at radius 1 is 1.27 bits per heavy atom. The lowest BCUT2D eigenvalue weighted by atomic mass is 10.1. The molecule has 4 heteroatoms. The van der Waals surface area contributed by atoms with Gasteiger partial charge < -0.3 is 0 Å². The zero-order valence-electron chi connectivity index (χ0n) is 9.01. The van der Waals surface area contributed by atoms with Crippen LogP contribution in [0.3, 0.4) is 0 Å². The van der Waals surface area contributed by atoms with Crippen LogP contribution < -0.4 is 0 Å². The first-order valence-corrected chi connectivity index (χ1v) is 6.71. The second-order valence-corrected chi connectivity index (χ2v) is 5.24. The fourth-order valence-corrected chi connectivity index (χ4v) is 2.05. The van der Waals surface area contributed by atoms with Gasteiger partial charge >= 0.3 is 0 Å². The average molecular weight is 228 g/mol. The molecule has 3 nitrogen and oxygen atoms in total. The maximum absolute atomic E-state index is 10.8. The number of benzene rings is 1. The van der Waals surface area contributed by atoms with Crippen molar-refractivity contribution < 1.29 is 12.6 Å². The average Bonchev–Trinajstić information content (AvgIpc) is 2.14. The molecule has 0 fully saturated rings. The summed E-state index contributed by atoms with van der Waals surface area (Å²) in [5.74, 6) is 0. The minimum Gasteiger partial charge on any atom is -0.267 e. The summed E-state index contributed by atoms with van der Waals surface area (Å²) in [6.45, 7) is 1.77. The molecule has 0 aliphatic carbocycles. The summed E-state index contributed by atoms with van der Waals surface area (Å²) in [5, 5.41) is 0. The smallest absolute Gasteiger partial charge is 0.264 e. The van der Waals surface area contributed by atoms with Gasteiger partial charge in [0.05, 0.1) is 12.4 Å². The topological polar surface area (TPSA) is 43.4 Å². The van der Waals surface area contributed by atoms with Crippen LogP contribution in [-0.4, -0.2) is 20.8 Å². The van der Waals surface area contributed by atoms with Crippen LogP contribution in [0.1, 0.15) is 18.9 Å². The summed E-state index contributed by atoms with van der Waals surface area (Å²) >= 11 is 0. The lowest BCUT2D eigenvalue weighted by Crippen LogP contribution is -2.14. The fraction of sp³-hybridized carbons (Fsp3) is 0.455. The largest absolute Gasteiger partial charge is 0.267 e. The van der Waals surface area contributed by atoms with E-state index in [9.17, 15) is 8.42 Å². The third-order valence-corrected chi connectivity index (χ3v) is 2.70. The van der Waals surface area contributed by atoms with Crippen LogP contribution in [0.25, 0.3) is 0 Å². The molecule has 0 spiro atoms. The summed E-state index contributed by atoms with van der Waals surface area (Å²) in [4.78, 5) is 0. The standard InChI is InChI=1S/C11H16O3S/c1-10(14-15(2,12)13)8-9-11-6-4-3-5-7-11/h3-7,10H,8-9H2,1-2H3/t10-/m1/s1. The first-order chi connectivity index (χ1) is 6.97.